The molecule has 3 saturated carbocycles. The minimum Gasteiger partial charge on any atom is -0.435 e. The number of hydrogen-bond acceptors (Lipinski definition) is 1. The first-order chi connectivity index (χ1) is 14.1. The zero-order valence-electron chi connectivity index (χ0n) is 17.7. The fourth-order valence-electron chi connectivity index (χ4n) is 6.66. The number of halogens is 2. The number of rotatable bonds is 5. The molecule has 0 aromatic heterocycles. The van der Waals surface area contributed by atoms with E-state index in [-0.39, 0.29) is 5.75 Å². The molecule has 4 atom stereocenters. The van der Waals surface area contributed by atoms with E-state index in [9.17, 15) is 8.78 Å². The van der Waals surface area contributed by atoms with Gasteiger partial charge in [0.2, 0.25) is 0 Å². The van der Waals surface area contributed by atoms with E-state index in [0.29, 0.717) is 5.92 Å². The number of ether oxygens (including phenoxy) is 1. The molecule has 3 heteroatoms. The summed E-state index contributed by atoms with van der Waals surface area (Å²) in [4.78, 5) is 0. The van der Waals surface area contributed by atoms with E-state index in [0.717, 1.165) is 29.6 Å². The second-order valence-electron chi connectivity index (χ2n) is 9.75. The molecule has 0 amide bonds. The van der Waals surface area contributed by atoms with E-state index < -0.39 is 6.61 Å². The summed E-state index contributed by atoms with van der Waals surface area (Å²) in [6.07, 6.45) is 18.5. The topological polar surface area (TPSA) is 9.23 Å². The van der Waals surface area contributed by atoms with Gasteiger partial charge in [-0.15, -0.1) is 0 Å². The second-order valence-corrected chi connectivity index (χ2v) is 9.75. The predicted octanol–water partition coefficient (Wildman–Crippen LogP) is 7.97. The van der Waals surface area contributed by atoms with Crippen LogP contribution in [0.5, 0.6) is 5.75 Å². The molecule has 0 aliphatic heterocycles. The highest BCUT2D eigenvalue weighted by molar-refractivity contribution is 5.30. The van der Waals surface area contributed by atoms with Crippen LogP contribution in [0.3, 0.4) is 0 Å². The highest BCUT2D eigenvalue weighted by Crippen LogP contribution is 2.51. The third kappa shape index (κ3) is 5.22. The van der Waals surface area contributed by atoms with Crippen LogP contribution in [0.2, 0.25) is 0 Å². The van der Waals surface area contributed by atoms with Crippen molar-refractivity contribution in [2.24, 2.45) is 29.6 Å². The summed E-state index contributed by atoms with van der Waals surface area (Å²) in [6, 6.07) is 7.40. The Morgan fingerprint density at radius 2 is 1.38 bits per heavy atom. The molecule has 4 unspecified atom stereocenters. The molecule has 0 bridgehead atoms. The van der Waals surface area contributed by atoms with Gasteiger partial charge in [0.15, 0.2) is 0 Å². The number of alkyl halides is 2. The summed E-state index contributed by atoms with van der Waals surface area (Å²) in [5.41, 5.74) is 1.30. The van der Waals surface area contributed by atoms with Crippen molar-refractivity contribution in [3.05, 3.63) is 42.0 Å². The van der Waals surface area contributed by atoms with Gasteiger partial charge in [0.05, 0.1) is 0 Å². The Bertz CT molecular complexity index is 660. The zero-order valence-corrected chi connectivity index (χ0v) is 17.7. The molecule has 3 aliphatic carbocycles. The van der Waals surface area contributed by atoms with Gasteiger partial charge < -0.3 is 4.74 Å². The first-order valence-electron chi connectivity index (χ1n) is 11.8. The van der Waals surface area contributed by atoms with Crippen molar-refractivity contribution in [3.63, 3.8) is 0 Å². The van der Waals surface area contributed by atoms with Crippen molar-refractivity contribution >= 4 is 0 Å². The third-order valence-corrected chi connectivity index (χ3v) is 8.18. The molecule has 4 rings (SSSR count). The molecule has 3 fully saturated rings. The fourth-order valence-corrected chi connectivity index (χ4v) is 6.66. The molecule has 0 N–H and O–H groups in total. The normalized spacial score (nSPS) is 35.6. The summed E-state index contributed by atoms with van der Waals surface area (Å²) >= 11 is 0. The van der Waals surface area contributed by atoms with Crippen molar-refractivity contribution in [1.82, 2.24) is 0 Å². The van der Waals surface area contributed by atoms with E-state index >= 15 is 0 Å². The quantitative estimate of drug-likeness (QED) is 0.454. The lowest BCUT2D eigenvalue weighted by atomic mass is 9.60. The number of allylic oxidation sites excluding steroid dienone is 2. The van der Waals surface area contributed by atoms with Crippen LogP contribution in [-0.2, 0) is 0 Å². The Balaban J connectivity index is 1.28. The monoisotopic (exact) mass is 402 g/mol. The maximum absolute atomic E-state index is 12.4. The molecule has 0 heterocycles. The molecule has 1 aromatic rings. The summed E-state index contributed by atoms with van der Waals surface area (Å²) in [5.74, 6) is 5.40. The Kier molecular flexibility index (Phi) is 6.92. The van der Waals surface area contributed by atoms with Gasteiger partial charge in [-0.3, -0.25) is 0 Å². The maximum atomic E-state index is 12.4. The lowest BCUT2D eigenvalue weighted by molar-refractivity contribution is -0.0498. The Morgan fingerprint density at radius 3 is 2.03 bits per heavy atom. The second kappa shape index (κ2) is 9.62. The van der Waals surface area contributed by atoms with Gasteiger partial charge in [0.1, 0.15) is 5.75 Å². The standard InChI is InChI=1S/C26H36F2O/c1-2-3-18-4-6-19(7-5-18)21-8-10-24-17-22(9-11-23(24)16-21)20-12-14-25(15-13-20)29-26(27)28/h2-3,12-15,18-19,21-24,26H,4-11,16-17H2,1H3/b3-2+. The fraction of sp³-hybridized carbons (Fsp3) is 0.692. The summed E-state index contributed by atoms with van der Waals surface area (Å²) in [5, 5.41) is 0. The van der Waals surface area contributed by atoms with Crippen LogP contribution in [0.4, 0.5) is 8.78 Å². The molecule has 0 radical (unpaired) electrons. The first-order valence-corrected chi connectivity index (χ1v) is 11.8. The smallest absolute Gasteiger partial charge is 0.387 e. The third-order valence-electron chi connectivity index (χ3n) is 8.18. The SMILES string of the molecule is C/C=C/C1CCC(C2CCC3CC(c4ccc(OC(F)F)cc4)CCC3C2)CC1. The minimum absolute atomic E-state index is 0.266. The number of hydrogen-bond donors (Lipinski definition) is 0. The van der Waals surface area contributed by atoms with Crippen LogP contribution in [0.25, 0.3) is 0 Å². The number of fused-ring (bicyclic) bond motifs is 1. The molecule has 0 spiro atoms. The van der Waals surface area contributed by atoms with Crippen molar-refractivity contribution in [2.75, 3.05) is 0 Å². The lowest BCUT2D eigenvalue weighted by Gasteiger charge is -2.45. The molecule has 29 heavy (non-hydrogen) atoms. The zero-order chi connectivity index (χ0) is 20.2. The van der Waals surface area contributed by atoms with E-state index in [1.54, 1.807) is 12.1 Å². The Morgan fingerprint density at radius 1 is 0.793 bits per heavy atom. The molecule has 1 nitrogen and oxygen atoms in total. The van der Waals surface area contributed by atoms with Gasteiger partial charge in [-0.1, -0.05) is 24.3 Å². The van der Waals surface area contributed by atoms with Crippen LogP contribution in [-0.4, -0.2) is 6.61 Å². The molecular formula is C26H36F2O. The molecule has 160 valence electrons. The van der Waals surface area contributed by atoms with Gasteiger partial charge >= 0.3 is 6.61 Å². The maximum Gasteiger partial charge on any atom is 0.387 e. The van der Waals surface area contributed by atoms with Gasteiger partial charge in [-0.25, -0.2) is 0 Å². The van der Waals surface area contributed by atoms with Crippen molar-refractivity contribution < 1.29 is 13.5 Å². The Hall–Kier alpha value is -1.38. The van der Waals surface area contributed by atoms with Crippen LogP contribution in [0.1, 0.15) is 82.6 Å². The minimum atomic E-state index is -2.75. The molecular weight excluding hydrogens is 366 g/mol. The van der Waals surface area contributed by atoms with E-state index in [2.05, 4.69) is 23.8 Å². The van der Waals surface area contributed by atoms with Crippen LogP contribution in [0.15, 0.2) is 36.4 Å². The highest BCUT2D eigenvalue weighted by Gasteiger charge is 2.38. The summed E-state index contributed by atoms with van der Waals surface area (Å²) < 4.78 is 29.2. The largest absolute Gasteiger partial charge is 0.435 e. The first kappa shape index (κ1) is 20.9. The number of benzene rings is 1. The van der Waals surface area contributed by atoms with Gasteiger partial charge in [-0.05, 0) is 124 Å². The average molecular weight is 403 g/mol. The van der Waals surface area contributed by atoms with Gasteiger partial charge in [0, 0.05) is 0 Å². The van der Waals surface area contributed by atoms with E-state index in [1.165, 1.54) is 69.8 Å². The van der Waals surface area contributed by atoms with Crippen LogP contribution >= 0.6 is 0 Å². The molecule has 3 aliphatic rings. The van der Waals surface area contributed by atoms with Crippen molar-refractivity contribution in [1.29, 1.82) is 0 Å². The summed E-state index contributed by atoms with van der Waals surface area (Å²) in [7, 11) is 0. The van der Waals surface area contributed by atoms with Gasteiger partial charge in [0.25, 0.3) is 0 Å². The van der Waals surface area contributed by atoms with Crippen molar-refractivity contribution in [2.45, 2.75) is 83.7 Å². The van der Waals surface area contributed by atoms with Crippen LogP contribution < -0.4 is 4.74 Å². The summed E-state index contributed by atoms with van der Waals surface area (Å²) in [6.45, 7) is -0.598. The van der Waals surface area contributed by atoms with Gasteiger partial charge in [-0.2, -0.15) is 8.78 Å². The van der Waals surface area contributed by atoms with Crippen molar-refractivity contribution in [3.8, 4) is 5.75 Å². The highest BCUT2D eigenvalue weighted by atomic mass is 19.3. The van der Waals surface area contributed by atoms with E-state index in [4.69, 9.17) is 0 Å². The molecule has 1 aromatic carbocycles. The Labute approximate surface area is 174 Å². The van der Waals surface area contributed by atoms with Crippen LogP contribution in [0, 0.1) is 29.6 Å². The predicted molar refractivity (Wildman–Crippen MR) is 114 cm³/mol. The lowest BCUT2D eigenvalue weighted by Crippen LogP contribution is -2.34. The van der Waals surface area contributed by atoms with E-state index in [1.807, 2.05) is 12.1 Å². The molecule has 0 saturated heterocycles. The average Bonchev–Trinajstić information content (AvgIpc) is 2.74.